The van der Waals surface area contributed by atoms with Gasteiger partial charge in [0.2, 0.25) is 0 Å². The number of piperidine rings is 1. The van der Waals surface area contributed by atoms with E-state index in [1.807, 2.05) is 31.5 Å². The third-order valence-electron chi connectivity index (χ3n) is 4.72. The molecule has 5 heteroatoms. The van der Waals surface area contributed by atoms with Crippen LogP contribution < -0.4 is 0 Å². The molecule has 1 aliphatic heterocycles. The minimum Gasteiger partial charge on any atom is -0.478 e. The van der Waals surface area contributed by atoms with Crippen molar-refractivity contribution in [2.24, 2.45) is 0 Å². The first kappa shape index (κ1) is 15.7. The van der Waals surface area contributed by atoms with Crippen LogP contribution in [0.2, 0.25) is 0 Å². The van der Waals surface area contributed by atoms with Crippen LogP contribution in [0.4, 0.5) is 0 Å². The average molecular weight is 313 g/mol. The predicted molar refractivity (Wildman–Crippen MR) is 88.8 cm³/mol. The van der Waals surface area contributed by atoms with Gasteiger partial charge in [0.15, 0.2) is 0 Å². The van der Waals surface area contributed by atoms with E-state index < -0.39 is 5.97 Å². The van der Waals surface area contributed by atoms with Crippen molar-refractivity contribution < 1.29 is 9.90 Å². The number of carboxylic acids is 1. The Morgan fingerprint density at radius 1 is 1.30 bits per heavy atom. The van der Waals surface area contributed by atoms with Crippen LogP contribution in [0, 0.1) is 6.92 Å². The molecular weight excluding hydrogens is 290 g/mol. The van der Waals surface area contributed by atoms with Crippen molar-refractivity contribution in [3.05, 3.63) is 53.6 Å². The summed E-state index contributed by atoms with van der Waals surface area (Å²) in [6, 6.07) is 7.37. The van der Waals surface area contributed by atoms with Gasteiger partial charge in [0.1, 0.15) is 5.82 Å². The molecule has 1 aromatic heterocycles. The second kappa shape index (κ2) is 6.96. The van der Waals surface area contributed by atoms with E-state index in [0.717, 1.165) is 32.0 Å². The summed E-state index contributed by atoms with van der Waals surface area (Å²) in [7, 11) is 0. The minimum atomic E-state index is -0.863. The zero-order valence-electron chi connectivity index (χ0n) is 13.5. The third kappa shape index (κ3) is 3.79. The van der Waals surface area contributed by atoms with E-state index in [1.165, 1.54) is 18.4 Å². The fourth-order valence-electron chi connectivity index (χ4n) is 3.32. The number of rotatable bonds is 5. The minimum absolute atomic E-state index is 0.358. The molecule has 122 valence electrons. The number of likely N-dealkylation sites (tertiary alicyclic amines) is 1. The summed E-state index contributed by atoms with van der Waals surface area (Å²) in [5.41, 5.74) is 1.61. The first-order chi connectivity index (χ1) is 11.1. The van der Waals surface area contributed by atoms with Gasteiger partial charge in [-0.2, -0.15) is 0 Å². The molecule has 1 aromatic carbocycles. The number of nitrogens with zero attached hydrogens (tertiary/aromatic N) is 3. The van der Waals surface area contributed by atoms with Gasteiger partial charge in [-0.15, -0.1) is 0 Å². The maximum Gasteiger partial charge on any atom is 0.335 e. The lowest BCUT2D eigenvalue weighted by Gasteiger charge is -2.33. The van der Waals surface area contributed by atoms with Gasteiger partial charge in [-0.3, -0.25) is 0 Å². The molecule has 0 aliphatic carbocycles. The molecule has 3 rings (SSSR count). The van der Waals surface area contributed by atoms with Gasteiger partial charge in [0.05, 0.1) is 5.56 Å². The number of aryl methyl sites for hydroxylation is 1. The quantitative estimate of drug-likeness (QED) is 0.922. The van der Waals surface area contributed by atoms with Crippen molar-refractivity contribution in [3.63, 3.8) is 0 Å². The monoisotopic (exact) mass is 313 g/mol. The van der Waals surface area contributed by atoms with E-state index in [-0.39, 0.29) is 0 Å². The van der Waals surface area contributed by atoms with Crippen molar-refractivity contribution in [2.45, 2.75) is 32.2 Å². The lowest BCUT2D eigenvalue weighted by atomic mass is 9.90. The molecule has 5 nitrogen and oxygen atoms in total. The number of carbonyl (C=O) groups is 1. The largest absolute Gasteiger partial charge is 0.478 e. The van der Waals surface area contributed by atoms with Crippen LogP contribution in [-0.2, 0) is 6.54 Å². The number of hydrogen-bond acceptors (Lipinski definition) is 3. The summed E-state index contributed by atoms with van der Waals surface area (Å²) < 4.78 is 2.19. The lowest BCUT2D eigenvalue weighted by molar-refractivity contribution is 0.0697. The Kier molecular flexibility index (Phi) is 4.76. The van der Waals surface area contributed by atoms with Gasteiger partial charge in [-0.05, 0) is 49.9 Å². The Morgan fingerprint density at radius 3 is 2.74 bits per heavy atom. The molecule has 1 unspecified atom stereocenters. The fraction of sp³-hybridized carbons (Fsp3) is 0.444. The Morgan fingerprint density at radius 2 is 2.09 bits per heavy atom. The Labute approximate surface area is 136 Å². The Bertz CT molecular complexity index is 663. The van der Waals surface area contributed by atoms with Crippen molar-refractivity contribution in [1.29, 1.82) is 0 Å². The van der Waals surface area contributed by atoms with Gasteiger partial charge < -0.3 is 14.6 Å². The molecule has 23 heavy (non-hydrogen) atoms. The maximum absolute atomic E-state index is 11.0. The summed E-state index contributed by atoms with van der Waals surface area (Å²) in [5.74, 6) is 0.691. The van der Waals surface area contributed by atoms with Crippen LogP contribution in [-0.4, -0.2) is 45.2 Å². The van der Waals surface area contributed by atoms with Crippen LogP contribution in [0.25, 0.3) is 0 Å². The number of benzene rings is 1. The maximum atomic E-state index is 11.0. The topological polar surface area (TPSA) is 58.4 Å². The summed E-state index contributed by atoms with van der Waals surface area (Å²) in [5, 5.41) is 9.00. The zero-order valence-corrected chi connectivity index (χ0v) is 13.5. The summed E-state index contributed by atoms with van der Waals surface area (Å²) >= 11 is 0. The second-order valence-corrected chi connectivity index (χ2v) is 6.23. The number of hydrogen-bond donors (Lipinski definition) is 1. The predicted octanol–water partition coefficient (Wildman–Crippen LogP) is 2.77. The molecule has 0 spiro atoms. The molecule has 2 heterocycles. The van der Waals surface area contributed by atoms with Crippen molar-refractivity contribution in [1.82, 2.24) is 14.5 Å². The molecule has 1 atom stereocenters. The van der Waals surface area contributed by atoms with Crippen LogP contribution >= 0.6 is 0 Å². The smallest absolute Gasteiger partial charge is 0.335 e. The number of aromatic carboxylic acids is 1. The highest BCUT2D eigenvalue weighted by Gasteiger charge is 2.21. The molecule has 1 aliphatic rings. The highest BCUT2D eigenvalue weighted by atomic mass is 16.4. The number of imidazole rings is 1. The number of carboxylic acid groups (broad SMARTS) is 1. The third-order valence-corrected chi connectivity index (χ3v) is 4.72. The standard InChI is InChI=1S/C18H23N3O2/c1-14-19-8-10-21(14)12-11-20-9-2-3-17(13-20)15-4-6-16(7-5-15)18(22)23/h4-8,10,17H,2-3,9,11-13H2,1H3,(H,22,23). The first-order valence-electron chi connectivity index (χ1n) is 8.17. The Hall–Kier alpha value is -2.14. The van der Waals surface area contributed by atoms with E-state index in [2.05, 4.69) is 14.5 Å². The highest BCUT2D eigenvalue weighted by molar-refractivity contribution is 5.87. The van der Waals surface area contributed by atoms with Gasteiger partial charge in [-0.25, -0.2) is 9.78 Å². The van der Waals surface area contributed by atoms with E-state index >= 15 is 0 Å². The molecule has 0 saturated carbocycles. The average Bonchev–Trinajstić information content (AvgIpc) is 2.98. The molecule has 0 radical (unpaired) electrons. The van der Waals surface area contributed by atoms with Crippen molar-refractivity contribution in [2.75, 3.05) is 19.6 Å². The van der Waals surface area contributed by atoms with Crippen LogP contribution in [0.3, 0.4) is 0 Å². The van der Waals surface area contributed by atoms with Crippen LogP contribution in [0.1, 0.15) is 40.5 Å². The van der Waals surface area contributed by atoms with E-state index in [9.17, 15) is 4.79 Å². The van der Waals surface area contributed by atoms with E-state index in [4.69, 9.17) is 5.11 Å². The molecule has 1 saturated heterocycles. The molecule has 0 bridgehead atoms. The first-order valence-corrected chi connectivity index (χ1v) is 8.17. The van der Waals surface area contributed by atoms with Gasteiger partial charge in [-0.1, -0.05) is 12.1 Å². The fourth-order valence-corrected chi connectivity index (χ4v) is 3.32. The van der Waals surface area contributed by atoms with Gasteiger partial charge in [0, 0.05) is 32.0 Å². The molecule has 0 amide bonds. The summed E-state index contributed by atoms with van der Waals surface area (Å²) in [4.78, 5) is 17.7. The zero-order chi connectivity index (χ0) is 16.2. The van der Waals surface area contributed by atoms with Crippen LogP contribution in [0.5, 0.6) is 0 Å². The summed E-state index contributed by atoms with van der Waals surface area (Å²) in [6.07, 6.45) is 6.24. The SMILES string of the molecule is Cc1nccn1CCN1CCCC(c2ccc(C(=O)O)cc2)C1. The molecular formula is C18H23N3O2. The highest BCUT2D eigenvalue weighted by Crippen LogP contribution is 2.27. The summed E-state index contributed by atoms with van der Waals surface area (Å²) in [6.45, 7) is 6.21. The molecule has 1 fully saturated rings. The normalized spacial score (nSPS) is 18.9. The lowest BCUT2D eigenvalue weighted by Crippen LogP contribution is -2.36. The van der Waals surface area contributed by atoms with E-state index in [0.29, 0.717) is 11.5 Å². The van der Waals surface area contributed by atoms with E-state index in [1.54, 1.807) is 12.1 Å². The number of aromatic nitrogens is 2. The second-order valence-electron chi connectivity index (χ2n) is 6.23. The van der Waals surface area contributed by atoms with Gasteiger partial charge >= 0.3 is 5.97 Å². The van der Waals surface area contributed by atoms with Gasteiger partial charge in [0.25, 0.3) is 0 Å². The van der Waals surface area contributed by atoms with Crippen molar-refractivity contribution >= 4 is 5.97 Å². The van der Waals surface area contributed by atoms with Crippen molar-refractivity contribution in [3.8, 4) is 0 Å². The Balaban J connectivity index is 1.59. The molecule has 1 N–H and O–H groups in total. The molecule has 2 aromatic rings. The van der Waals surface area contributed by atoms with Crippen LogP contribution in [0.15, 0.2) is 36.7 Å².